The molecule has 1 fully saturated rings. The van der Waals surface area contributed by atoms with Gasteiger partial charge in [0.05, 0.1) is 0 Å². The van der Waals surface area contributed by atoms with Crippen LogP contribution in [0.5, 0.6) is 0 Å². The fourth-order valence-corrected chi connectivity index (χ4v) is 3.13. The van der Waals surface area contributed by atoms with Gasteiger partial charge >= 0.3 is 0 Å². The zero-order valence-corrected chi connectivity index (χ0v) is 13.8. The van der Waals surface area contributed by atoms with Crippen LogP contribution in [0.4, 0.5) is 0 Å². The topological polar surface area (TPSA) is 23.6 Å². The SMILES string of the molecule is CN1CCN(C(=O)c2cc(Cl)cc(Br)c2)CC1(C)C. The molecule has 0 radical (unpaired) electrons. The summed E-state index contributed by atoms with van der Waals surface area (Å²) in [6, 6.07) is 5.33. The summed E-state index contributed by atoms with van der Waals surface area (Å²) in [4.78, 5) is 16.7. The molecule has 5 heteroatoms. The average molecular weight is 346 g/mol. The highest BCUT2D eigenvalue weighted by Gasteiger charge is 2.33. The molecule has 1 aliphatic heterocycles. The molecule has 1 heterocycles. The lowest BCUT2D eigenvalue weighted by Crippen LogP contribution is -2.58. The van der Waals surface area contributed by atoms with Gasteiger partial charge < -0.3 is 4.90 Å². The first-order chi connectivity index (χ1) is 8.79. The van der Waals surface area contributed by atoms with Crippen LogP contribution in [0, 0.1) is 0 Å². The number of hydrogen-bond donors (Lipinski definition) is 0. The maximum absolute atomic E-state index is 12.5. The predicted octanol–water partition coefficient (Wildman–Crippen LogP) is 3.27. The summed E-state index contributed by atoms with van der Waals surface area (Å²) in [6.45, 7) is 6.68. The second kappa shape index (κ2) is 5.43. The minimum Gasteiger partial charge on any atom is -0.336 e. The first-order valence-electron chi connectivity index (χ1n) is 6.26. The molecule has 3 nitrogen and oxygen atoms in total. The molecule has 1 aromatic rings. The van der Waals surface area contributed by atoms with E-state index in [1.165, 1.54) is 0 Å². The Morgan fingerprint density at radius 3 is 2.58 bits per heavy atom. The third kappa shape index (κ3) is 3.30. The average Bonchev–Trinajstić information content (AvgIpc) is 2.30. The summed E-state index contributed by atoms with van der Waals surface area (Å²) in [6.07, 6.45) is 0. The summed E-state index contributed by atoms with van der Waals surface area (Å²) >= 11 is 9.38. The maximum Gasteiger partial charge on any atom is 0.254 e. The molecule has 0 aromatic heterocycles. The monoisotopic (exact) mass is 344 g/mol. The van der Waals surface area contributed by atoms with Crippen LogP contribution in [0.15, 0.2) is 22.7 Å². The molecule has 0 aliphatic carbocycles. The van der Waals surface area contributed by atoms with Crippen molar-refractivity contribution in [3.8, 4) is 0 Å². The van der Waals surface area contributed by atoms with Gasteiger partial charge in [-0.3, -0.25) is 9.69 Å². The largest absolute Gasteiger partial charge is 0.336 e. The number of piperazine rings is 1. The van der Waals surface area contributed by atoms with E-state index in [2.05, 4.69) is 41.7 Å². The molecule has 0 atom stereocenters. The van der Waals surface area contributed by atoms with Crippen LogP contribution in [-0.2, 0) is 0 Å². The number of rotatable bonds is 1. The van der Waals surface area contributed by atoms with Crippen molar-refractivity contribution in [3.63, 3.8) is 0 Å². The number of carbonyl (C=O) groups excluding carboxylic acids is 1. The molecule has 1 aliphatic rings. The van der Waals surface area contributed by atoms with E-state index in [4.69, 9.17) is 11.6 Å². The molecule has 2 rings (SSSR count). The van der Waals surface area contributed by atoms with Crippen molar-refractivity contribution < 1.29 is 4.79 Å². The summed E-state index contributed by atoms with van der Waals surface area (Å²) in [7, 11) is 2.10. The van der Waals surface area contributed by atoms with Crippen molar-refractivity contribution in [2.45, 2.75) is 19.4 Å². The lowest BCUT2D eigenvalue weighted by molar-refractivity contribution is 0.0311. The fourth-order valence-electron chi connectivity index (χ4n) is 2.27. The minimum absolute atomic E-state index is 0.00369. The van der Waals surface area contributed by atoms with E-state index in [1.807, 2.05) is 11.0 Å². The van der Waals surface area contributed by atoms with Crippen molar-refractivity contribution in [3.05, 3.63) is 33.3 Å². The molecule has 0 spiro atoms. The Kier molecular flexibility index (Phi) is 4.23. The van der Waals surface area contributed by atoms with Crippen LogP contribution in [0.25, 0.3) is 0 Å². The number of likely N-dealkylation sites (N-methyl/N-ethyl adjacent to an activating group) is 1. The van der Waals surface area contributed by atoms with Gasteiger partial charge in [0.25, 0.3) is 5.91 Å². The summed E-state index contributed by atoms with van der Waals surface area (Å²) in [5, 5.41) is 0.575. The summed E-state index contributed by atoms with van der Waals surface area (Å²) in [5.41, 5.74) is 0.642. The first kappa shape index (κ1) is 14.8. The Morgan fingerprint density at radius 1 is 1.32 bits per heavy atom. The lowest BCUT2D eigenvalue weighted by atomic mass is 9.99. The molecule has 1 amide bonds. The second-order valence-electron chi connectivity index (χ2n) is 5.62. The van der Waals surface area contributed by atoms with E-state index in [0.717, 1.165) is 24.1 Å². The van der Waals surface area contributed by atoms with Gasteiger partial charge in [0.2, 0.25) is 0 Å². The van der Waals surface area contributed by atoms with Crippen molar-refractivity contribution in [2.75, 3.05) is 26.7 Å². The zero-order valence-electron chi connectivity index (χ0n) is 11.4. The number of carbonyl (C=O) groups is 1. The number of benzene rings is 1. The molecule has 19 heavy (non-hydrogen) atoms. The number of hydrogen-bond acceptors (Lipinski definition) is 2. The molecule has 1 saturated heterocycles. The van der Waals surface area contributed by atoms with Gasteiger partial charge in [-0.25, -0.2) is 0 Å². The van der Waals surface area contributed by atoms with Crippen LogP contribution >= 0.6 is 27.5 Å². The molecule has 0 N–H and O–H groups in total. The van der Waals surface area contributed by atoms with Crippen LogP contribution in [-0.4, -0.2) is 47.9 Å². The maximum atomic E-state index is 12.5. The molecule has 0 bridgehead atoms. The summed E-state index contributed by atoms with van der Waals surface area (Å²) in [5.74, 6) is 0.0457. The smallest absolute Gasteiger partial charge is 0.254 e. The van der Waals surface area contributed by atoms with E-state index in [-0.39, 0.29) is 11.4 Å². The van der Waals surface area contributed by atoms with E-state index < -0.39 is 0 Å². The van der Waals surface area contributed by atoms with Crippen molar-refractivity contribution in [1.29, 1.82) is 0 Å². The van der Waals surface area contributed by atoms with Crippen molar-refractivity contribution in [2.24, 2.45) is 0 Å². The second-order valence-corrected chi connectivity index (χ2v) is 6.97. The molecular weight excluding hydrogens is 328 g/mol. The molecule has 1 aromatic carbocycles. The van der Waals surface area contributed by atoms with Crippen LogP contribution < -0.4 is 0 Å². The zero-order chi connectivity index (χ0) is 14.2. The van der Waals surface area contributed by atoms with Gasteiger partial charge in [-0.05, 0) is 39.1 Å². The third-order valence-corrected chi connectivity index (χ3v) is 4.39. The number of nitrogens with zero attached hydrogens (tertiary/aromatic N) is 2. The lowest BCUT2D eigenvalue weighted by Gasteiger charge is -2.45. The predicted molar refractivity (Wildman–Crippen MR) is 81.8 cm³/mol. The quantitative estimate of drug-likeness (QED) is 0.780. The highest BCUT2D eigenvalue weighted by molar-refractivity contribution is 9.10. The molecule has 0 saturated carbocycles. The van der Waals surface area contributed by atoms with Crippen LogP contribution in [0.1, 0.15) is 24.2 Å². The number of halogens is 2. The Hall–Kier alpha value is -0.580. The van der Waals surface area contributed by atoms with E-state index >= 15 is 0 Å². The van der Waals surface area contributed by atoms with E-state index in [0.29, 0.717) is 10.6 Å². The van der Waals surface area contributed by atoms with Gasteiger partial charge in [0, 0.05) is 40.2 Å². The first-order valence-corrected chi connectivity index (χ1v) is 7.43. The van der Waals surface area contributed by atoms with Crippen LogP contribution in [0.3, 0.4) is 0 Å². The van der Waals surface area contributed by atoms with Gasteiger partial charge in [-0.1, -0.05) is 27.5 Å². The van der Waals surface area contributed by atoms with Crippen molar-refractivity contribution >= 4 is 33.4 Å². The minimum atomic E-state index is 0.00369. The van der Waals surface area contributed by atoms with E-state index in [9.17, 15) is 4.79 Å². The Labute approximate surface area is 127 Å². The fraction of sp³-hybridized carbons (Fsp3) is 0.500. The summed E-state index contributed by atoms with van der Waals surface area (Å²) < 4.78 is 0.830. The highest BCUT2D eigenvalue weighted by atomic mass is 79.9. The Bertz CT molecular complexity index is 484. The Morgan fingerprint density at radius 2 is 2.00 bits per heavy atom. The third-order valence-electron chi connectivity index (χ3n) is 3.71. The van der Waals surface area contributed by atoms with Gasteiger partial charge in [-0.2, -0.15) is 0 Å². The van der Waals surface area contributed by atoms with Gasteiger partial charge in [0.15, 0.2) is 0 Å². The molecular formula is C14H18BrClN2O. The normalized spacial score (nSPS) is 19.5. The molecule has 104 valence electrons. The van der Waals surface area contributed by atoms with Crippen LogP contribution in [0.2, 0.25) is 5.02 Å². The van der Waals surface area contributed by atoms with Gasteiger partial charge in [-0.15, -0.1) is 0 Å². The molecule has 0 unspecified atom stereocenters. The number of amides is 1. The Balaban J connectivity index is 2.20. The standard InChI is InChI=1S/C14H18BrClN2O/c1-14(2)9-18(5-4-17(14)3)13(19)10-6-11(15)8-12(16)7-10/h6-8H,4-5,9H2,1-3H3. The highest BCUT2D eigenvalue weighted by Crippen LogP contribution is 2.24. The van der Waals surface area contributed by atoms with Gasteiger partial charge in [0.1, 0.15) is 0 Å². The van der Waals surface area contributed by atoms with E-state index in [1.54, 1.807) is 12.1 Å². The van der Waals surface area contributed by atoms with Crippen molar-refractivity contribution in [1.82, 2.24) is 9.80 Å².